The Balaban J connectivity index is 2.19. The van der Waals surface area contributed by atoms with Gasteiger partial charge in [0.15, 0.2) is 0 Å². The number of alkyl halides is 1. The summed E-state index contributed by atoms with van der Waals surface area (Å²) in [6.07, 6.45) is 0.406. The van der Waals surface area contributed by atoms with E-state index in [4.69, 9.17) is 0 Å². The highest BCUT2D eigenvalue weighted by Crippen LogP contribution is 2.33. The van der Waals surface area contributed by atoms with Gasteiger partial charge in [0.25, 0.3) is 0 Å². The van der Waals surface area contributed by atoms with Crippen molar-refractivity contribution in [1.82, 2.24) is 5.32 Å². The average molecular weight is 129 g/mol. The van der Waals surface area contributed by atoms with Gasteiger partial charge in [-0.3, -0.25) is 4.79 Å². The maximum atomic E-state index is 12.6. The van der Waals surface area contributed by atoms with Gasteiger partial charge in [-0.1, -0.05) is 0 Å². The number of carbonyl (C=O) groups excluding carboxylic acids is 1. The van der Waals surface area contributed by atoms with Crippen LogP contribution < -0.4 is 5.32 Å². The summed E-state index contributed by atoms with van der Waals surface area (Å²) in [6, 6.07) is -0.150. The maximum absolute atomic E-state index is 12.6. The number of piperidine rings is 1. The topological polar surface area (TPSA) is 29.1 Å². The Labute approximate surface area is 52.4 Å². The molecule has 0 aromatic heterocycles. The molecular weight excluding hydrogens is 121 g/mol. The lowest BCUT2D eigenvalue weighted by Crippen LogP contribution is -2.37. The van der Waals surface area contributed by atoms with Crippen LogP contribution in [0.3, 0.4) is 0 Å². The van der Waals surface area contributed by atoms with Gasteiger partial charge in [0, 0.05) is 5.92 Å². The molecule has 1 aliphatic heterocycles. The van der Waals surface area contributed by atoms with E-state index >= 15 is 0 Å². The minimum Gasteiger partial charge on any atom is -0.350 e. The van der Waals surface area contributed by atoms with Gasteiger partial charge < -0.3 is 5.32 Å². The fraction of sp³-hybridized carbons (Fsp3) is 0.833. The van der Waals surface area contributed by atoms with Crippen molar-refractivity contribution < 1.29 is 9.18 Å². The molecule has 2 fully saturated rings. The van der Waals surface area contributed by atoms with Crippen LogP contribution in [0.25, 0.3) is 0 Å². The number of carbonyl (C=O) groups is 1. The van der Waals surface area contributed by atoms with E-state index in [-0.39, 0.29) is 17.9 Å². The van der Waals surface area contributed by atoms with Gasteiger partial charge in [-0.05, 0) is 12.8 Å². The van der Waals surface area contributed by atoms with Crippen LogP contribution in [0, 0.1) is 5.92 Å². The summed E-state index contributed by atoms with van der Waals surface area (Å²) in [5.41, 5.74) is 0. The third-order valence-electron chi connectivity index (χ3n) is 2.18. The third kappa shape index (κ3) is 0.573. The highest BCUT2D eigenvalue weighted by atomic mass is 19.1. The highest BCUT2D eigenvalue weighted by Gasteiger charge is 2.45. The Morgan fingerprint density at radius 1 is 1.56 bits per heavy atom. The zero-order valence-electron chi connectivity index (χ0n) is 4.93. The fourth-order valence-electron chi connectivity index (χ4n) is 1.65. The minimum absolute atomic E-state index is 0.00926. The molecule has 0 aromatic carbocycles. The third-order valence-corrected chi connectivity index (χ3v) is 2.18. The molecule has 2 nitrogen and oxygen atoms in total. The second-order valence-corrected chi connectivity index (χ2v) is 2.80. The molecule has 3 heteroatoms. The van der Waals surface area contributed by atoms with Gasteiger partial charge in [-0.25, -0.2) is 4.39 Å². The van der Waals surface area contributed by atoms with Crippen molar-refractivity contribution in [2.75, 3.05) is 0 Å². The summed E-state index contributed by atoms with van der Waals surface area (Å²) >= 11 is 0. The number of amides is 1. The van der Waals surface area contributed by atoms with E-state index in [0.717, 1.165) is 6.42 Å². The molecular formula is C6H8FNO. The van der Waals surface area contributed by atoms with E-state index in [1.807, 2.05) is 0 Å². The molecule has 0 radical (unpaired) electrons. The molecule has 0 spiro atoms. The van der Waals surface area contributed by atoms with Crippen LogP contribution in [0.5, 0.6) is 0 Å². The first-order chi connectivity index (χ1) is 4.27. The van der Waals surface area contributed by atoms with Crippen LogP contribution in [-0.4, -0.2) is 18.1 Å². The van der Waals surface area contributed by atoms with Crippen LogP contribution in [0.1, 0.15) is 12.8 Å². The van der Waals surface area contributed by atoms with E-state index in [2.05, 4.69) is 5.32 Å². The molecule has 2 rings (SSSR count). The number of hydrogen-bond acceptors (Lipinski definition) is 1. The van der Waals surface area contributed by atoms with Gasteiger partial charge >= 0.3 is 0 Å². The molecule has 1 saturated carbocycles. The largest absolute Gasteiger partial charge is 0.350 e. The zero-order valence-corrected chi connectivity index (χ0v) is 4.93. The lowest BCUT2D eigenvalue weighted by molar-refractivity contribution is -0.124. The standard InChI is InChI=1S/C6H8FNO/c7-4-1-3-2-5(4)8-6(3)9/h3-5H,1-2H2,(H,8,9)/t3-,4-,5-/m1/s1. The number of hydrogen-bond donors (Lipinski definition) is 1. The van der Waals surface area contributed by atoms with E-state index in [1.165, 1.54) is 0 Å². The first-order valence-electron chi connectivity index (χ1n) is 3.22. The maximum Gasteiger partial charge on any atom is 0.223 e. The van der Waals surface area contributed by atoms with Gasteiger partial charge in [-0.2, -0.15) is 0 Å². The van der Waals surface area contributed by atoms with Gasteiger partial charge in [0.2, 0.25) is 5.91 Å². The molecule has 1 saturated heterocycles. The van der Waals surface area contributed by atoms with Gasteiger partial charge in [0.05, 0.1) is 6.04 Å². The summed E-state index contributed by atoms with van der Waals surface area (Å²) in [4.78, 5) is 10.7. The molecule has 1 N–H and O–H groups in total. The van der Waals surface area contributed by atoms with E-state index in [9.17, 15) is 9.18 Å². The van der Waals surface area contributed by atoms with Gasteiger partial charge in [0.1, 0.15) is 6.17 Å². The molecule has 1 aliphatic carbocycles. The molecule has 0 aromatic rings. The molecule has 2 bridgehead atoms. The monoisotopic (exact) mass is 129 g/mol. The normalized spacial score (nSPS) is 47.7. The molecule has 1 amide bonds. The Morgan fingerprint density at radius 3 is 2.67 bits per heavy atom. The summed E-state index contributed by atoms with van der Waals surface area (Å²) < 4.78 is 12.6. The Hall–Kier alpha value is -0.600. The van der Waals surface area contributed by atoms with E-state index in [1.54, 1.807) is 0 Å². The van der Waals surface area contributed by atoms with Crippen molar-refractivity contribution >= 4 is 5.91 Å². The predicted octanol–water partition coefficient (Wildman–Crippen LogP) is 0.233. The van der Waals surface area contributed by atoms with Crippen molar-refractivity contribution in [3.8, 4) is 0 Å². The second kappa shape index (κ2) is 1.46. The lowest BCUT2D eigenvalue weighted by atomic mass is 10.1. The van der Waals surface area contributed by atoms with Crippen LogP contribution >= 0.6 is 0 Å². The fourth-order valence-corrected chi connectivity index (χ4v) is 1.65. The summed E-state index contributed by atoms with van der Waals surface area (Å²) in [7, 11) is 0. The Bertz CT molecular complexity index is 157. The number of nitrogens with one attached hydrogen (secondary N) is 1. The van der Waals surface area contributed by atoms with Crippen LogP contribution in [0.15, 0.2) is 0 Å². The molecule has 1 heterocycles. The summed E-state index contributed by atoms with van der Waals surface area (Å²) in [5, 5.41) is 2.59. The predicted molar refractivity (Wildman–Crippen MR) is 29.6 cm³/mol. The molecule has 3 atom stereocenters. The SMILES string of the molecule is O=C1N[C@@H]2C[C@H]1C[C@H]2F. The van der Waals surface area contributed by atoms with Crippen molar-refractivity contribution in [2.45, 2.75) is 25.1 Å². The van der Waals surface area contributed by atoms with E-state index in [0.29, 0.717) is 6.42 Å². The Kier molecular flexibility index (Phi) is 0.845. The number of fused-ring (bicyclic) bond motifs is 2. The minimum atomic E-state index is -0.771. The first-order valence-corrected chi connectivity index (χ1v) is 3.22. The van der Waals surface area contributed by atoms with Crippen molar-refractivity contribution in [2.24, 2.45) is 5.92 Å². The average Bonchev–Trinajstić information content (AvgIpc) is 2.24. The Morgan fingerprint density at radius 2 is 2.33 bits per heavy atom. The zero-order chi connectivity index (χ0) is 6.43. The van der Waals surface area contributed by atoms with Crippen molar-refractivity contribution in [3.05, 3.63) is 0 Å². The van der Waals surface area contributed by atoms with Crippen LogP contribution in [0.4, 0.5) is 4.39 Å². The number of halogens is 1. The summed E-state index contributed by atoms with van der Waals surface area (Å²) in [5.74, 6) is 0.0406. The second-order valence-electron chi connectivity index (χ2n) is 2.80. The van der Waals surface area contributed by atoms with E-state index < -0.39 is 6.17 Å². The molecule has 9 heavy (non-hydrogen) atoms. The first kappa shape index (κ1) is 5.21. The quantitative estimate of drug-likeness (QED) is 0.498. The highest BCUT2D eigenvalue weighted by molar-refractivity contribution is 5.82. The van der Waals surface area contributed by atoms with Crippen molar-refractivity contribution in [3.63, 3.8) is 0 Å². The van der Waals surface area contributed by atoms with Crippen molar-refractivity contribution in [1.29, 1.82) is 0 Å². The molecule has 0 unspecified atom stereocenters. The van der Waals surface area contributed by atoms with Crippen LogP contribution in [-0.2, 0) is 4.79 Å². The molecule has 2 aliphatic rings. The lowest BCUT2D eigenvalue weighted by Gasteiger charge is -2.14. The van der Waals surface area contributed by atoms with Gasteiger partial charge in [-0.15, -0.1) is 0 Å². The summed E-state index contributed by atoms with van der Waals surface area (Å²) in [6.45, 7) is 0. The van der Waals surface area contributed by atoms with Crippen LogP contribution in [0.2, 0.25) is 0 Å². The number of rotatable bonds is 0. The smallest absolute Gasteiger partial charge is 0.223 e. The molecule has 50 valence electrons.